The SMILES string of the molecule is O=C(O)COc1cccc(-c2ccc3cc(-c4nc5cc(C(=O)O)ccc5n4C4CCCCC4)ccc3n2)c1. The van der Waals surface area contributed by atoms with Gasteiger partial charge in [-0.15, -0.1) is 0 Å². The Balaban J connectivity index is 1.39. The molecule has 1 fully saturated rings. The highest BCUT2D eigenvalue weighted by Crippen LogP contribution is 2.37. The lowest BCUT2D eigenvalue weighted by Crippen LogP contribution is -2.14. The van der Waals surface area contributed by atoms with Crippen LogP contribution in [-0.4, -0.2) is 43.3 Å². The molecule has 1 aliphatic carbocycles. The monoisotopic (exact) mass is 521 g/mol. The number of aromatic carboxylic acids is 1. The number of benzene rings is 3. The van der Waals surface area contributed by atoms with Crippen molar-refractivity contribution in [3.05, 3.63) is 78.4 Å². The van der Waals surface area contributed by atoms with E-state index in [-0.39, 0.29) is 5.56 Å². The summed E-state index contributed by atoms with van der Waals surface area (Å²) in [4.78, 5) is 32.2. The van der Waals surface area contributed by atoms with Crippen LogP contribution in [0.5, 0.6) is 5.75 Å². The Morgan fingerprint density at radius 3 is 2.49 bits per heavy atom. The van der Waals surface area contributed by atoms with Gasteiger partial charge in [0.05, 0.1) is 27.8 Å². The molecule has 0 radical (unpaired) electrons. The van der Waals surface area contributed by atoms with Crippen LogP contribution in [0.25, 0.3) is 44.6 Å². The number of carboxylic acid groups (broad SMARTS) is 2. The van der Waals surface area contributed by atoms with Crippen LogP contribution in [0.3, 0.4) is 0 Å². The van der Waals surface area contributed by atoms with E-state index in [9.17, 15) is 14.7 Å². The normalized spacial score (nSPS) is 14.1. The van der Waals surface area contributed by atoms with Crippen molar-refractivity contribution in [1.29, 1.82) is 0 Å². The first-order valence-electron chi connectivity index (χ1n) is 13.1. The molecule has 1 saturated carbocycles. The number of imidazole rings is 1. The van der Waals surface area contributed by atoms with E-state index in [1.165, 1.54) is 19.3 Å². The Morgan fingerprint density at radius 1 is 0.846 bits per heavy atom. The number of hydrogen-bond acceptors (Lipinski definition) is 5. The first-order chi connectivity index (χ1) is 19.0. The van der Waals surface area contributed by atoms with Crippen molar-refractivity contribution in [2.45, 2.75) is 38.1 Å². The van der Waals surface area contributed by atoms with Crippen LogP contribution in [0.1, 0.15) is 48.5 Å². The van der Waals surface area contributed by atoms with E-state index >= 15 is 0 Å². The Morgan fingerprint density at radius 2 is 1.69 bits per heavy atom. The smallest absolute Gasteiger partial charge is 0.341 e. The third kappa shape index (κ3) is 4.93. The molecular weight excluding hydrogens is 494 g/mol. The van der Waals surface area contributed by atoms with Crippen molar-refractivity contribution in [2.75, 3.05) is 6.61 Å². The maximum Gasteiger partial charge on any atom is 0.341 e. The highest BCUT2D eigenvalue weighted by Gasteiger charge is 2.23. The van der Waals surface area contributed by atoms with Crippen molar-refractivity contribution in [3.8, 4) is 28.4 Å². The zero-order chi connectivity index (χ0) is 26.9. The predicted molar refractivity (Wildman–Crippen MR) is 148 cm³/mol. The minimum absolute atomic E-state index is 0.231. The lowest BCUT2D eigenvalue weighted by molar-refractivity contribution is -0.139. The van der Waals surface area contributed by atoms with Gasteiger partial charge in [0, 0.05) is 22.6 Å². The first kappa shape index (κ1) is 24.6. The largest absolute Gasteiger partial charge is 0.482 e. The lowest BCUT2D eigenvalue weighted by atomic mass is 9.94. The second-order valence-electron chi connectivity index (χ2n) is 9.92. The zero-order valence-corrected chi connectivity index (χ0v) is 21.2. The molecule has 0 spiro atoms. The van der Waals surface area contributed by atoms with Gasteiger partial charge in [-0.3, -0.25) is 0 Å². The molecule has 0 atom stereocenters. The average Bonchev–Trinajstić information content (AvgIpc) is 3.35. The second-order valence-corrected chi connectivity index (χ2v) is 9.92. The fourth-order valence-electron chi connectivity index (χ4n) is 5.46. The van der Waals surface area contributed by atoms with Gasteiger partial charge in [0.15, 0.2) is 6.61 Å². The summed E-state index contributed by atoms with van der Waals surface area (Å²) in [6.45, 7) is -0.402. The summed E-state index contributed by atoms with van der Waals surface area (Å²) in [5, 5.41) is 19.3. The van der Waals surface area contributed by atoms with Crippen LogP contribution in [0, 0.1) is 0 Å². The number of carboxylic acids is 2. The lowest BCUT2D eigenvalue weighted by Gasteiger charge is -2.25. The fraction of sp³-hybridized carbons (Fsp3) is 0.226. The number of hydrogen-bond donors (Lipinski definition) is 2. The van der Waals surface area contributed by atoms with E-state index in [4.69, 9.17) is 19.8 Å². The van der Waals surface area contributed by atoms with Gasteiger partial charge in [-0.2, -0.15) is 0 Å². The van der Waals surface area contributed by atoms with Crippen LogP contribution in [0.15, 0.2) is 72.8 Å². The van der Waals surface area contributed by atoms with Gasteiger partial charge in [-0.25, -0.2) is 19.6 Å². The zero-order valence-electron chi connectivity index (χ0n) is 21.2. The molecule has 0 unspecified atom stereocenters. The Hall–Kier alpha value is -4.72. The van der Waals surface area contributed by atoms with Gasteiger partial charge in [0.2, 0.25) is 0 Å². The van der Waals surface area contributed by atoms with Gasteiger partial charge in [0.25, 0.3) is 0 Å². The number of fused-ring (bicyclic) bond motifs is 2. The molecule has 196 valence electrons. The molecule has 39 heavy (non-hydrogen) atoms. The molecule has 0 amide bonds. The van der Waals surface area contributed by atoms with Crippen LogP contribution in [0.4, 0.5) is 0 Å². The predicted octanol–water partition coefficient (Wildman–Crippen LogP) is 6.59. The molecule has 6 rings (SSSR count). The topological polar surface area (TPSA) is 115 Å². The number of pyridine rings is 1. The number of nitrogens with zero attached hydrogens (tertiary/aromatic N) is 3. The molecule has 8 nitrogen and oxygen atoms in total. The quantitative estimate of drug-likeness (QED) is 0.248. The Kier molecular flexibility index (Phi) is 6.44. The minimum Gasteiger partial charge on any atom is -0.482 e. The third-order valence-electron chi connectivity index (χ3n) is 7.32. The van der Waals surface area contributed by atoms with Crippen molar-refractivity contribution >= 4 is 33.9 Å². The minimum atomic E-state index is -1.03. The molecule has 8 heteroatoms. The maximum absolute atomic E-state index is 11.6. The second kappa shape index (κ2) is 10.2. The first-order valence-corrected chi connectivity index (χ1v) is 13.1. The van der Waals surface area contributed by atoms with Crippen LogP contribution in [0.2, 0.25) is 0 Å². The standard InChI is InChI=1S/C31H27N3O5/c35-29(36)18-39-24-8-4-5-19(16-24)25-12-9-20-15-21(10-13-26(20)32-25)30-33-27-17-22(31(37)38)11-14-28(27)34(30)23-6-2-1-3-7-23/h4-5,8-17,23H,1-3,6-7,18H2,(H,35,36)(H,37,38). The van der Waals surface area contributed by atoms with Crippen LogP contribution < -0.4 is 4.74 Å². The number of aromatic nitrogens is 3. The van der Waals surface area contributed by atoms with E-state index in [0.717, 1.165) is 51.9 Å². The van der Waals surface area contributed by atoms with Crippen molar-refractivity contribution < 1.29 is 24.5 Å². The van der Waals surface area contributed by atoms with E-state index < -0.39 is 18.5 Å². The molecule has 1 aliphatic rings. The molecule has 2 aromatic heterocycles. The highest BCUT2D eigenvalue weighted by molar-refractivity contribution is 5.94. The molecule has 3 aromatic carbocycles. The van der Waals surface area contributed by atoms with E-state index in [2.05, 4.69) is 10.6 Å². The highest BCUT2D eigenvalue weighted by atomic mass is 16.5. The molecular formula is C31H27N3O5. The Bertz CT molecular complexity index is 1720. The molecule has 2 heterocycles. The fourth-order valence-corrected chi connectivity index (χ4v) is 5.46. The Labute approximate surface area is 224 Å². The summed E-state index contributed by atoms with van der Waals surface area (Å²) in [5.41, 5.74) is 5.25. The maximum atomic E-state index is 11.6. The number of aliphatic carboxylic acids is 1. The van der Waals surface area contributed by atoms with Gasteiger partial charge < -0.3 is 19.5 Å². The van der Waals surface area contributed by atoms with Crippen LogP contribution in [-0.2, 0) is 4.79 Å². The molecule has 5 aromatic rings. The summed E-state index contributed by atoms with van der Waals surface area (Å²) in [7, 11) is 0. The molecule has 0 saturated heterocycles. The number of ether oxygens (including phenoxy) is 1. The molecule has 0 aliphatic heterocycles. The summed E-state index contributed by atoms with van der Waals surface area (Å²) in [6, 6.07) is 22.8. The number of rotatable bonds is 7. The summed E-state index contributed by atoms with van der Waals surface area (Å²) < 4.78 is 7.62. The van der Waals surface area contributed by atoms with Crippen molar-refractivity contribution in [2.24, 2.45) is 0 Å². The molecule has 2 N–H and O–H groups in total. The van der Waals surface area contributed by atoms with Gasteiger partial charge in [-0.1, -0.05) is 37.5 Å². The summed E-state index contributed by atoms with van der Waals surface area (Å²) in [6.07, 6.45) is 5.73. The van der Waals surface area contributed by atoms with Gasteiger partial charge >= 0.3 is 11.9 Å². The summed E-state index contributed by atoms with van der Waals surface area (Å²) >= 11 is 0. The van der Waals surface area contributed by atoms with Crippen LogP contribution >= 0.6 is 0 Å². The van der Waals surface area contributed by atoms with Gasteiger partial charge in [0.1, 0.15) is 11.6 Å². The third-order valence-corrected chi connectivity index (χ3v) is 7.32. The molecule has 0 bridgehead atoms. The van der Waals surface area contributed by atoms with Crippen molar-refractivity contribution in [3.63, 3.8) is 0 Å². The van der Waals surface area contributed by atoms with Gasteiger partial charge in [-0.05, 0) is 67.4 Å². The average molecular weight is 522 g/mol. The van der Waals surface area contributed by atoms with E-state index in [0.29, 0.717) is 17.3 Å². The number of carbonyl (C=O) groups is 2. The van der Waals surface area contributed by atoms with E-state index in [1.54, 1.807) is 24.3 Å². The van der Waals surface area contributed by atoms with Crippen molar-refractivity contribution in [1.82, 2.24) is 14.5 Å². The summed E-state index contributed by atoms with van der Waals surface area (Å²) in [5.74, 6) is -0.676. The van der Waals surface area contributed by atoms with E-state index in [1.807, 2.05) is 42.5 Å².